The van der Waals surface area contributed by atoms with Crippen molar-refractivity contribution < 1.29 is 8.42 Å². The molecule has 0 saturated heterocycles. The fourth-order valence-electron chi connectivity index (χ4n) is 0.670. The van der Waals surface area contributed by atoms with Gasteiger partial charge in [0.15, 0.2) is 0 Å². The molecule has 1 aromatic heterocycles. The van der Waals surface area contributed by atoms with Crippen molar-refractivity contribution in [3.63, 3.8) is 0 Å². The number of hydrogen-bond acceptors (Lipinski definition) is 5. The summed E-state index contributed by atoms with van der Waals surface area (Å²) >= 11 is 0. The van der Waals surface area contributed by atoms with Crippen molar-refractivity contribution in [2.24, 2.45) is 5.14 Å². The zero-order chi connectivity index (χ0) is 9.19. The van der Waals surface area contributed by atoms with Crippen molar-refractivity contribution in [2.75, 3.05) is 5.75 Å². The number of hydrogen-bond donors (Lipinski definition) is 1. The molecule has 12 heavy (non-hydrogen) atoms. The van der Waals surface area contributed by atoms with E-state index in [1.165, 1.54) is 4.68 Å². The zero-order valence-electron chi connectivity index (χ0n) is 6.51. The SMILES string of the molecule is Cc1nnnn1CCS(N)(=O)=O. The Morgan fingerprint density at radius 1 is 1.58 bits per heavy atom. The van der Waals surface area contributed by atoms with Gasteiger partial charge in [-0.3, -0.25) is 0 Å². The molecule has 1 rings (SSSR count). The molecule has 0 aliphatic heterocycles. The highest BCUT2D eigenvalue weighted by Crippen LogP contribution is 1.89. The Balaban J connectivity index is 2.61. The molecule has 0 saturated carbocycles. The summed E-state index contributed by atoms with van der Waals surface area (Å²) in [5, 5.41) is 15.3. The Morgan fingerprint density at radius 3 is 2.67 bits per heavy atom. The maximum atomic E-state index is 10.5. The summed E-state index contributed by atoms with van der Waals surface area (Å²) in [4.78, 5) is 0. The lowest BCUT2D eigenvalue weighted by Crippen LogP contribution is -2.21. The first-order valence-corrected chi connectivity index (χ1v) is 4.94. The third kappa shape index (κ3) is 2.55. The monoisotopic (exact) mass is 191 g/mol. The summed E-state index contributed by atoms with van der Waals surface area (Å²) in [5.41, 5.74) is 0. The fraction of sp³-hybridized carbons (Fsp3) is 0.750. The summed E-state index contributed by atoms with van der Waals surface area (Å²) in [5.74, 6) is 0.414. The van der Waals surface area contributed by atoms with Gasteiger partial charge in [-0.25, -0.2) is 18.2 Å². The molecule has 68 valence electrons. The second-order valence-corrected chi connectivity index (χ2v) is 4.05. The molecule has 7 nitrogen and oxygen atoms in total. The molecule has 0 amide bonds. The number of rotatable bonds is 3. The second kappa shape index (κ2) is 3.15. The molecule has 0 aliphatic rings. The first-order chi connectivity index (χ1) is 5.49. The van der Waals surface area contributed by atoms with Crippen LogP contribution in [0.2, 0.25) is 0 Å². The normalized spacial score (nSPS) is 11.8. The Bertz CT molecular complexity index is 355. The number of nitrogens with two attached hydrogens (primary N) is 1. The molecule has 0 unspecified atom stereocenters. The van der Waals surface area contributed by atoms with Gasteiger partial charge in [-0.1, -0.05) is 0 Å². The molecule has 0 aromatic carbocycles. The van der Waals surface area contributed by atoms with E-state index < -0.39 is 10.0 Å². The number of aryl methyl sites for hydroxylation is 2. The van der Waals surface area contributed by atoms with Crippen LogP contribution >= 0.6 is 0 Å². The van der Waals surface area contributed by atoms with E-state index in [-0.39, 0.29) is 12.3 Å². The summed E-state index contributed by atoms with van der Waals surface area (Å²) in [7, 11) is -3.43. The van der Waals surface area contributed by atoms with E-state index in [2.05, 4.69) is 15.5 Å². The molecule has 0 radical (unpaired) electrons. The molecule has 0 atom stereocenters. The van der Waals surface area contributed by atoms with Crippen molar-refractivity contribution in [3.05, 3.63) is 5.82 Å². The lowest BCUT2D eigenvalue weighted by molar-refractivity contribution is 0.571. The first kappa shape index (κ1) is 9.07. The minimum atomic E-state index is -3.43. The van der Waals surface area contributed by atoms with Crippen LogP contribution in [-0.2, 0) is 16.6 Å². The summed E-state index contributed by atoms with van der Waals surface area (Å²) < 4.78 is 22.4. The maximum absolute atomic E-state index is 10.5. The zero-order valence-corrected chi connectivity index (χ0v) is 7.32. The molecule has 1 heterocycles. The molecule has 8 heteroatoms. The van der Waals surface area contributed by atoms with Crippen LogP contribution in [0.5, 0.6) is 0 Å². The maximum Gasteiger partial charge on any atom is 0.210 e. The number of primary sulfonamides is 1. The van der Waals surface area contributed by atoms with Crippen LogP contribution in [0.4, 0.5) is 0 Å². The van der Waals surface area contributed by atoms with Gasteiger partial charge in [-0.15, -0.1) is 5.10 Å². The predicted octanol–water partition coefficient (Wildman–Crippen LogP) is -1.73. The van der Waals surface area contributed by atoms with Crippen LogP contribution in [0.15, 0.2) is 0 Å². The van der Waals surface area contributed by atoms with Gasteiger partial charge in [-0.05, 0) is 17.4 Å². The first-order valence-electron chi connectivity index (χ1n) is 3.22. The third-order valence-corrected chi connectivity index (χ3v) is 2.05. The van der Waals surface area contributed by atoms with Gasteiger partial charge >= 0.3 is 0 Å². The number of sulfonamides is 1. The van der Waals surface area contributed by atoms with Gasteiger partial charge in [0, 0.05) is 0 Å². The van der Waals surface area contributed by atoms with Gasteiger partial charge in [0.25, 0.3) is 0 Å². The standard InChI is InChI=1S/C4H9N5O2S/c1-4-6-7-8-9(4)2-3-12(5,10)11/h2-3H2,1H3,(H2,5,10,11). The fourth-order valence-corrected chi connectivity index (χ4v) is 1.10. The summed E-state index contributed by atoms with van der Waals surface area (Å²) in [6.45, 7) is 1.88. The van der Waals surface area contributed by atoms with Gasteiger partial charge in [0.1, 0.15) is 5.82 Å². The molecule has 0 bridgehead atoms. The van der Waals surface area contributed by atoms with E-state index in [0.717, 1.165) is 0 Å². The van der Waals surface area contributed by atoms with E-state index in [0.29, 0.717) is 5.82 Å². The lowest BCUT2D eigenvalue weighted by atomic mass is 10.6. The van der Waals surface area contributed by atoms with Crippen LogP contribution in [-0.4, -0.2) is 34.4 Å². The predicted molar refractivity (Wildman–Crippen MR) is 40.5 cm³/mol. The van der Waals surface area contributed by atoms with Crippen molar-refractivity contribution in [1.29, 1.82) is 0 Å². The number of aromatic nitrogens is 4. The van der Waals surface area contributed by atoms with Gasteiger partial charge in [-0.2, -0.15) is 0 Å². The topological polar surface area (TPSA) is 104 Å². The van der Waals surface area contributed by atoms with E-state index in [9.17, 15) is 8.42 Å². The van der Waals surface area contributed by atoms with E-state index in [4.69, 9.17) is 5.14 Å². The van der Waals surface area contributed by atoms with Crippen molar-refractivity contribution in [2.45, 2.75) is 13.5 Å². The average molecular weight is 191 g/mol. The van der Waals surface area contributed by atoms with E-state index >= 15 is 0 Å². The smallest absolute Gasteiger partial charge is 0.210 e. The van der Waals surface area contributed by atoms with Crippen LogP contribution < -0.4 is 5.14 Å². The third-order valence-electron chi connectivity index (χ3n) is 1.30. The van der Waals surface area contributed by atoms with Crippen LogP contribution in [0.25, 0.3) is 0 Å². The molecule has 1 aromatic rings. The van der Waals surface area contributed by atoms with Crippen molar-refractivity contribution >= 4 is 10.0 Å². The molecule has 0 fully saturated rings. The van der Waals surface area contributed by atoms with Crippen LogP contribution in [0.1, 0.15) is 5.82 Å². The molecular weight excluding hydrogens is 182 g/mol. The Kier molecular flexibility index (Phi) is 2.38. The van der Waals surface area contributed by atoms with E-state index in [1.54, 1.807) is 6.92 Å². The Labute approximate surface area is 69.6 Å². The average Bonchev–Trinajstić information content (AvgIpc) is 2.29. The van der Waals surface area contributed by atoms with Crippen molar-refractivity contribution in [3.8, 4) is 0 Å². The highest BCUT2D eigenvalue weighted by Gasteiger charge is 2.05. The largest absolute Gasteiger partial charge is 0.229 e. The van der Waals surface area contributed by atoms with Gasteiger partial charge in [0.05, 0.1) is 12.3 Å². The quantitative estimate of drug-likeness (QED) is 0.611. The van der Waals surface area contributed by atoms with E-state index in [1.807, 2.05) is 0 Å². The van der Waals surface area contributed by atoms with Crippen LogP contribution in [0, 0.1) is 6.92 Å². The second-order valence-electron chi connectivity index (χ2n) is 2.32. The highest BCUT2D eigenvalue weighted by atomic mass is 32.2. The molecule has 2 N–H and O–H groups in total. The van der Waals surface area contributed by atoms with Crippen molar-refractivity contribution in [1.82, 2.24) is 20.2 Å². The van der Waals surface area contributed by atoms with Gasteiger partial charge in [0.2, 0.25) is 10.0 Å². The molecule has 0 aliphatic carbocycles. The number of nitrogens with zero attached hydrogens (tertiary/aromatic N) is 4. The molecule has 0 spiro atoms. The highest BCUT2D eigenvalue weighted by molar-refractivity contribution is 7.89. The summed E-state index contributed by atoms with van der Waals surface area (Å²) in [6.07, 6.45) is 0. The van der Waals surface area contributed by atoms with Crippen LogP contribution in [0.3, 0.4) is 0 Å². The minimum absolute atomic E-state index is 0.154. The lowest BCUT2D eigenvalue weighted by Gasteiger charge is -1.98. The molecular formula is C4H9N5O2S. The summed E-state index contributed by atoms with van der Waals surface area (Å²) in [6, 6.07) is 0. The Hall–Kier alpha value is -1.02. The Morgan fingerprint density at radius 2 is 2.25 bits per heavy atom. The minimum Gasteiger partial charge on any atom is -0.229 e. The van der Waals surface area contributed by atoms with Gasteiger partial charge < -0.3 is 0 Å². The number of tetrazole rings is 1.